The third-order valence-corrected chi connectivity index (χ3v) is 3.06. The molecule has 5 heteroatoms. The number of hydrogen-bond donors (Lipinski definition) is 0. The number of carbonyl (C=O) groups is 2. The minimum absolute atomic E-state index is 0.0968. The highest BCUT2D eigenvalue weighted by Gasteiger charge is 2.29. The number of hydrogen-bond acceptors (Lipinski definition) is 4. The molecular weight excluding hydrogens is 232 g/mol. The molecule has 1 heterocycles. The van der Waals surface area contributed by atoms with Crippen LogP contribution in [0.4, 0.5) is 0 Å². The first-order valence-corrected chi connectivity index (χ1v) is 6.43. The van der Waals surface area contributed by atoms with Gasteiger partial charge in [0.25, 0.3) is 0 Å². The Morgan fingerprint density at radius 1 is 1.11 bits per heavy atom. The average Bonchev–Trinajstić information content (AvgIpc) is 2.26. The Hall–Kier alpha value is -1.10. The van der Waals surface area contributed by atoms with Crippen molar-refractivity contribution in [2.75, 3.05) is 26.2 Å². The largest absolute Gasteiger partial charge is 0.459 e. The van der Waals surface area contributed by atoms with Crippen molar-refractivity contribution in [1.82, 2.24) is 9.80 Å². The number of piperazine rings is 1. The topological polar surface area (TPSA) is 49.9 Å². The Morgan fingerprint density at radius 3 is 2.00 bits per heavy atom. The zero-order valence-electron chi connectivity index (χ0n) is 12.0. The smallest absolute Gasteiger partial charge is 0.323 e. The lowest BCUT2D eigenvalue weighted by Gasteiger charge is -2.37. The Kier molecular flexibility index (Phi) is 4.73. The summed E-state index contributed by atoms with van der Waals surface area (Å²) in [4.78, 5) is 27.0. The molecule has 0 spiro atoms. The summed E-state index contributed by atoms with van der Waals surface area (Å²) in [5.74, 6) is -0.0988. The minimum Gasteiger partial charge on any atom is -0.459 e. The standard InChI is InChI=1S/C13H24N2O3/c1-10(12(17)18-13(3,4)5)14-6-8-15(9-7-14)11(2)16/h10H,6-9H2,1-5H3. The highest BCUT2D eigenvalue weighted by Crippen LogP contribution is 2.13. The van der Waals surface area contributed by atoms with Gasteiger partial charge in [-0.05, 0) is 27.7 Å². The fourth-order valence-electron chi connectivity index (χ4n) is 1.96. The van der Waals surface area contributed by atoms with Gasteiger partial charge in [0.05, 0.1) is 0 Å². The Bertz CT molecular complexity index is 315. The van der Waals surface area contributed by atoms with Crippen molar-refractivity contribution in [2.24, 2.45) is 0 Å². The zero-order chi connectivity index (χ0) is 13.9. The van der Waals surface area contributed by atoms with Gasteiger partial charge in [-0.3, -0.25) is 14.5 Å². The van der Waals surface area contributed by atoms with Crippen molar-refractivity contribution in [1.29, 1.82) is 0 Å². The molecule has 5 nitrogen and oxygen atoms in total. The fraction of sp³-hybridized carbons (Fsp3) is 0.846. The van der Waals surface area contributed by atoms with Gasteiger partial charge in [0.15, 0.2) is 0 Å². The lowest BCUT2D eigenvalue weighted by Crippen LogP contribution is -2.53. The van der Waals surface area contributed by atoms with Crippen molar-refractivity contribution in [3.8, 4) is 0 Å². The summed E-state index contributed by atoms with van der Waals surface area (Å²) in [7, 11) is 0. The molecule has 1 amide bonds. The maximum absolute atomic E-state index is 11.9. The second-order valence-electron chi connectivity index (χ2n) is 5.75. The number of carbonyl (C=O) groups excluding carboxylic acids is 2. The molecule has 0 aromatic rings. The van der Waals surface area contributed by atoms with Crippen LogP contribution in [0.2, 0.25) is 0 Å². The molecule has 0 bridgehead atoms. The van der Waals surface area contributed by atoms with E-state index in [0.29, 0.717) is 13.1 Å². The van der Waals surface area contributed by atoms with Crippen LogP contribution in [0.3, 0.4) is 0 Å². The highest BCUT2D eigenvalue weighted by atomic mass is 16.6. The van der Waals surface area contributed by atoms with Crippen LogP contribution in [-0.2, 0) is 14.3 Å². The van der Waals surface area contributed by atoms with Gasteiger partial charge in [0.1, 0.15) is 11.6 Å². The summed E-state index contributed by atoms with van der Waals surface area (Å²) in [5.41, 5.74) is -0.452. The normalized spacial score (nSPS) is 19.5. The Balaban J connectivity index is 2.47. The van der Waals surface area contributed by atoms with Gasteiger partial charge in [0, 0.05) is 33.1 Å². The second kappa shape index (κ2) is 5.69. The van der Waals surface area contributed by atoms with Crippen LogP contribution in [0, 0.1) is 0 Å². The Labute approximate surface area is 109 Å². The number of esters is 1. The van der Waals surface area contributed by atoms with E-state index in [1.54, 1.807) is 11.8 Å². The molecular formula is C13H24N2O3. The predicted molar refractivity (Wildman–Crippen MR) is 69.1 cm³/mol. The molecule has 1 atom stereocenters. The second-order valence-corrected chi connectivity index (χ2v) is 5.75. The zero-order valence-corrected chi connectivity index (χ0v) is 12.0. The number of rotatable bonds is 2. The predicted octanol–water partition coefficient (Wildman–Crippen LogP) is 0.881. The lowest BCUT2D eigenvalue weighted by molar-refractivity contribution is -0.161. The van der Waals surface area contributed by atoms with Crippen molar-refractivity contribution in [2.45, 2.75) is 46.3 Å². The molecule has 104 valence electrons. The van der Waals surface area contributed by atoms with Crippen LogP contribution >= 0.6 is 0 Å². The van der Waals surface area contributed by atoms with Crippen LogP contribution in [-0.4, -0.2) is 59.5 Å². The molecule has 1 rings (SSSR count). The van der Waals surface area contributed by atoms with Crippen molar-refractivity contribution in [3.63, 3.8) is 0 Å². The van der Waals surface area contributed by atoms with Gasteiger partial charge in [-0.1, -0.05) is 0 Å². The summed E-state index contributed by atoms with van der Waals surface area (Å²) in [6.45, 7) is 11.8. The van der Waals surface area contributed by atoms with E-state index < -0.39 is 5.60 Å². The summed E-state index contributed by atoms with van der Waals surface area (Å²) >= 11 is 0. The quantitative estimate of drug-likeness (QED) is 0.688. The monoisotopic (exact) mass is 256 g/mol. The first-order valence-electron chi connectivity index (χ1n) is 6.43. The van der Waals surface area contributed by atoms with Gasteiger partial charge < -0.3 is 9.64 Å². The van der Waals surface area contributed by atoms with Gasteiger partial charge in [-0.2, -0.15) is 0 Å². The summed E-state index contributed by atoms with van der Waals surface area (Å²) in [5, 5.41) is 0. The molecule has 0 aromatic heterocycles. The molecule has 1 aliphatic heterocycles. The molecule has 1 aliphatic rings. The van der Waals surface area contributed by atoms with Gasteiger partial charge >= 0.3 is 5.97 Å². The van der Waals surface area contributed by atoms with Gasteiger partial charge in [-0.15, -0.1) is 0 Å². The molecule has 1 saturated heterocycles. The number of ether oxygens (including phenoxy) is 1. The van der Waals surface area contributed by atoms with E-state index in [0.717, 1.165) is 13.1 Å². The highest BCUT2D eigenvalue weighted by molar-refractivity contribution is 5.76. The van der Waals surface area contributed by atoms with Crippen molar-refractivity contribution >= 4 is 11.9 Å². The first kappa shape index (κ1) is 15.0. The molecule has 0 aliphatic carbocycles. The van der Waals surface area contributed by atoms with E-state index in [-0.39, 0.29) is 17.9 Å². The fourth-order valence-corrected chi connectivity index (χ4v) is 1.96. The lowest BCUT2D eigenvalue weighted by atomic mass is 10.1. The third-order valence-electron chi connectivity index (χ3n) is 3.06. The Morgan fingerprint density at radius 2 is 1.61 bits per heavy atom. The van der Waals surface area contributed by atoms with Gasteiger partial charge in [0.2, 0.25) is 5.91 Å². The maximum atomic E-state index is 11.9. The van der Waals surface area contributed by atoms with E-state index >= 15 is 0 Å². The maximum Gasteiger partial charge on any atom is 0.323 e. The molecule has 0 aromatic carbocycles. The summed E-state index contributed by atoms with van der Waals surface area (Å²) < 4.78 is 5.37. The van der Waals surface area contributed by atoms with E-state index in [4.69, 9.17) is 4.74 Å². The van der Waals surface area contributed by atoms with Crippen molar-refractivity contribution in [3.05, 3.63) is 0 Å². The molecule has 1 fully saturated rings. The van der Waals surface area contributed by atoms with Gasteiger partial charge in [-0.25, -0.2) is 0 Å². The summed E-state index contributed by atoms with van der Waals surface area (Å²) in [6.07, 6.45) is 0. The first-order chi connectivity index (χ1) is 8.20. The molecule has 1 unspecified atom stereocenters. The van der Waals surface area contributed by atoms with Crippen molar-refractivity contribution < 1.29 is 14.3 Å². The number of nitrogens with zero attached hydrogens (tertiary/aromatic N) is 2. The average molecular weight is 256 g/mol. The molecule has 0 saturated carbocycles. The van der Waals surface area contributed by atoms with E-state index in [1.165, 1.54) is 0 Å². The summed E-state index contributed by atoms with van der Waals surface area (Å²) in [6, 6.07) is -0.252. The van der Waals surface area contributed by atoms with E-state index in [9.17, 15) is 9.59 Å². The third kappa shape index (κ3) is 4.29. The number of amides is 1. The molecule has 18 heavy (non-hydrogen) atoms. The van der Waals surface area contributed by atoms with Crippen LogP contribution in [0.1, 0.15) is 34.6 Å². The van der Waals surface area contributed by atoms with E-state index in [2.05, 4.69) is 4.90 Å². The van der Waals surface area contributed by atoms with Crippen LogP contribution < -0.4 is 0 Å². The van der Waals surface area contributed by atoms with Crippen LogP contribution in [0.15, 0.2) is 0 Å². The SMILES string of the molecule is CC(=O)N1CCN(C(C)C(=O)OC(C)(C)C)CC1. The van der Waals surface area contributed by atoms with E-state index in [1.807, 2.05) is 27.7 Å². The molecule has 0 N–H and O–H groups in total. The molecule has 0 radical (unpaired) electrons. The minimum atomic E-state index is -0.452. The van der Waals surface area contributed by atoms with Crippen LogP contribution in [0.25, 0.3) is 0 Å². The van der Waals surface area contributed by atoms with Crippen LogP contribution in [0.5, 0.6) is 0 Å².